The Kier molecular flexibility index (Phi) is 6.34. The third-order valence-electron chi connectivity index (χ3n) is 3.65. The van der Waals surface area contributed by atoms with Crippen molar-refractivity contribution in [2.75, 3.05) is 6.61 Å². The molecular weight excluding hydrogens is 292 g/mol. The molecule has 1 aliphatic rings. The predicted octanol–water partition coefficient (Wildman–Crippen LogP) is 1.37. The van der Waals surface area contributed by atoms with Gasteiger partial charge in [-0.25, -0.2) is 0 Å². The average molecular weight is 316 g/mol. The zero-order valence-electron chi connectivity index (χ0n) is 13.7. The van der Waals surface area contributed by atoms with Crippen LogP contribution in [0.25, 0.3) is 0 Å². The van der Waals surface area contributed by atoms with Crippen LogP contribution in [0.4, 0.5) is 0 Å². The molecule has 0 bridgehead atoms. The summed E-state index contributed by atoms with van der Waals surface area (Å²) in [5.74, 6) is -1.30. The number of carbonyl (C=O) groups excluding carboxylic acids is 3. The topological polar surface area (TPSA) is 88.1 Å². The van der Waals surface area contributed by atoms with Gasteiger partial charge in [-0.1, -0.05) is 0 Å². The van der Waals surface area contributed by atoms with Crippen molar-refractivity contribution in [3.63, 3.8) is 0 Å². The van der Waals surface area contributed by atoms with Crippen molar-refractivity contribution in [1.82, 2.24) is 0 Å². The molecule has 0 aromatic rings. The molecule has 1 heterocycles. The van der Waals surface area contributed by atoms with Gasteiger partial charge in [0.05, 0.1) is 6.10 Å². The third-order valence-corrected chi connectivity index (χ3v) is 3.65. The van der Waals surface area contributed by atoms with Gasteiger partial charge in [-0.2, -0.15) is 0 Å². The molecule has 4 atom stereocenters. The molecule has 7 nitrogen and oxygen atoms in total. The van der Waals surface area contributed by atoms with Crippen LogP contribution in [0.2, 0.25) is 0 Å². The molecule has 22 heavy (non-hydrogen) atoms. The summed E-state index contributed by atoms with van der Waals surface area (Å²) in [6.45, 7) is 7.40. The van der Waals surface area contributed by atoms with Crippen molar-refractivity contribution in [2.45, 2.75) is 71.4 Å². The van der Waals surface area contributed by atoms with Crippen molar-refractivity contribution in [1.29, 1.82) is 0 Å². The quantitative estimate of drug-likeness (QED) is 0.540. The number of carbonyl (C=O) groups is 3. The van der Waals surface area contributed by atoms with Crippen molar-refractivity contribution in [2.24, 2.45) is 0 Å². The van der Waals surface area contributed by atoms with Crippen LogP contribution in [0.1, 0.15) is 47.5 Å². The smallest absolute Gasteiger partial charge is 0.303 e. The molecule has 0 amide bonds. The fourth-order valence-corrected chi connectivity index (χ4v) is 2.53. The Hall–Kier alpha value is -1.63. The third kappa shape index (κ3) is 5.29. The Balaban J connectivity index is 2.74. The molecule has 126 valence electrons. The van der Waals surface area contributed by atoms with Gasteiger partial charge in [-0.15, -0.1) is 0 Å². The van der Waals surface area contributed by atoms with Gasteiger partial charge in [0.1, 0.15) is 18.3 Å². The summed E-state index contributed by atoms with van der Waals surface area (Å²) in [4.78, 5) is 33.3. The molecule has 0 aromatic carbocycles. The van der Waals surface area contributed by atoms with Crippen molar-refractivity contribution in [3.8, 4) is 0 Å². The Morgan fingerprint density at radius 3 is 2.23 bits per heavy atom. The normalized spacial score (nSPS) is 26.9. The van der Waals surface area contributed by atoms with Gasteiger partial charge >= 0.3 is 17.9 Å². The van der Waals surface area contributed by atoms with E-state index in [9.17, 15) is 14.4 Å². The van der Waals surface area contributed by atoms with Crippen LogP contribution in [-0.2, 0) is 33.3 Å². The van der Waals surface area contributed by atoms with Gasteiger partial charge in [0, 0.05) is 20.8 Å². The zero-order valence-corrected chi connectivity index (χ0v) is 13.7. The molecule has 7 heteroatoms. The fraction of sp³-hybridized carbons (Fsp3) is 0.800. The minimum atomic E-state index is -0.791. The van der Waals surface area contributed by atoms with E-state index in [4.69, 9.17) is 18.9 Å². The largest absolute Gasteiger partial charge is 0.462 e. The molecule has 1 saturated heterocycles. The Morgan fingerprint density at radius 2 is 1.73 bits per heavy atom. The lowest BCUT2D eigenvalue weighted by Crippen LogP contribution is -2.46. The summed E-state index contributed by atoms with van der Waals surface area (Å²) in [5, 5.41) is 0. The highest BCUT2D eigenvalue weighted by atomic mass is 16.6. The minimum Gasteiger partial charge on any atom is -0.462 e. The van der Waals surface area contributed by atoms with Crippen molar-refractivity contribution < 1.29 is 33.3 Å². The van der Waals surface area contributed by atoms with Crippen LogP contribution in [0.5, 0.6) is 0 Å². The highest BCUT2D eigenvalue weighted by molar-refractivity contribution is 5.67. The molecule has 0 unspecified atom stereocenters. The number of hydrogen-bond donors (Lipinski definition) is 0. The summed E-state index contributed by atoms with van der Waals surface area (Å²) in [7, 11) is 0. The van der Waals surface area contributed by atoms with E-state index < -0.39 is 29.7 Å². The lowest BCUT2D eigenvalue weighted by Gasteiger charge is -2.33. The van der Waals surface area contributed by atoms with E-state index in [-0.39, 0.29) is 18.7 Å². The number of esters is 3. The molecule has 0 N–H and O–H groups in total. The number of ether oxygens (including phenoxy) is 4. The Bertz CT molecular complexity index is 434. The summed E-state index contributed by atoms with van der Waals surface area (Å²) >= 11 is 0. The maximum Gasteiger partial charge on any atom is 0.303 e. The van der Waals surface area contributed by atoms with Crippen molar-refractivity contribution in [3.05, 3.63) is 0 Å². The van der Waals surface area contributed by atoms with E-state index in [1.165, 1.54) is 20.8 Å². The number of hydrogen-bond acceptors (Lipinski definition) is 7. The average Bonchev–Trinajstić information content (AvgIpc) is 2.77. The van der Waals surface area contributed by atoms with Crippen LogP contribution >= 0.6 is 0 Å². The summed E-state index contributed by atoms with van der Waals surface area (Å²) in [6.07, 6.45) is -0.135. The fourth-order valence-electron chi connectivity index (χ4n) is 2.53. The van der Waals surface area contributed by atoms with Gasteiger partial charge in [0.15, 0.2) is 6.10 Å². The van der Waals surface area contributed by atoms with Crippen LogP contribution < -0.4 is 0 Å². The lowest BCUT2D eigenvalue weighted by molar-refractivity contribution is -0.187. The van der Waals surface area contributed by atoms with Crippen LogP contribution in [0.3, 0.4) is 0 Å². The molecule has 1 aliphatic heterocycles. The van der Waals surface area contributed by atoms with E-state index in [0.717, 1.165) is 0 Å². The summed E-state index contributed by atoms with van der Waals surface area (Å²) in [5.41, 5.74) is -0.791. The minimum absolute atomic E-state index is 0.0694. The second-order valence-corrected chi connectivity index (χ2v) is 5.72. The molecule has 0 radical (unpaired) electrons. The lowest BCUT2D eigenvalue weighted by atomic mass is 9.95. The van der Waals surface area contributed by atoms with E-state index in [1.807, 2.05) is 0 Å². The molecule has 0 aliphatic carbocycles. The highest BCUT2D eigenvalue weighted by Gasteiger charge is 2.47. The van der Waals surface area contributed by atoms with E-state index in [0.29, 0.717) is 12.8 Å². The maximum absolute atomic E-state index is 11.3. The first-order valence-corrected chi connectivity index (χ1v) is 7.29. The molecule has 0 saturated carbocycles. The first-order valence-electron chi connectivity index (χ1n) is 7.29. The van der Waals surface area contributed by atoms with Crippen molar-refractivity contribution >= 4 is 17.9 Å². The first kappa shape index (κ1) is 18.4. The van der Waals surface area contributed by atoms with Gasteiger partial charge < -0.3 is 18.9 Å². The molecule has 0 spiro atoms. The molecule has 1 fully saturated rings. The van der Waals surface area contributed by atoms with E-state index in [2.05, 4.69) is 0 Å². The standard InChI is InChI=1S/C15H24O7/c1-9(20-11(3)17)13-6-7-15(5,22-13)14(21-12(4)18)8-19-10(2)16/h9,13-14H,6-8H2,1-5H3/t9-,13+,14+,15-/m1/s1. The maximum atomic E-state index is 11.3. The zero-order chi connectivity index (χ0) is 16.9. The van der Waals surface area contributed by atoms with Gasteiger partial charge in [0.2, 0.25) is 0 Å². The SMILES string of the molecule is CC(=O)OC[C@H](OC(C)=O)[C@@]1(C)CC[C@@H]([C@@H](C)OC(C)=O)O1. The predicted molar refractivity (Wildman–Crippen MR) is 75.9 cm³/mol. The molecule has 1 rings (SSSR count). The summed E-state index contributed by atoms with van der Waals surface area (Å²) in [6, 6.07) is 0. The Morgan fingerprint density at radius 1 is 1.14 bits per heavy atom. The number of rotatable bonds is 6. The van der Waals surface area contributed by atoms with Crippen LogP contribution in [-0.4, -0.2) is 48.4 Å². The molecular formula is C15H24O7. The Labute approximate surface area is 130 Å². The van der Waals surface area contributed by atoms with Crippen LogP contribution in [0.15, 0.2) is 0 Å². The second kappa shape index (κ2) is 7.58. The summed E-state index contributed by atoms with van der Waals surface area (Å²) < 4.78 is 21.3. The molecule has 0 aromatic heterocycles. The monoisotopic (exact) mass is 316 g/mol. The van der Waals surface area contributed by atoms with Crippen LogP contribution in [0, 0.1) is 0 Å². The first-order chi connectivity index (χ1) is 10.1. The van der Waals surface area contributed by atoms with Gasteiger partial charge in [-0.3, -0.25) is 14.4 Å². The van der Waals surface area contributed by atoms with Gasteiger partial charge in [-0.05, 0) is 26.7 Å². The highest BCUT2D eigenvalue weighted by Crippen LogP contribution is 2.36. The van der Waals surface area contributed by atoms with Gasteiger partial charge in [0.25, 0.3) is 0 Å². The second-order valence-electron chi connectivity index (χ2n) is 5.72. The van der Waals surface area contributed by atoms with E-state index in [1.54, 1.807) is 13.8 Å². The van der Waals surface area contributed by atoms with E-state index >= 15 is 0 Å².